The Kier molecular flexibility index (Phi) is 7.28. The van der Waals surface area contributed by atoms with E-state index in [1.54, 1.807) is 24.3 Å². The van der Waals surface area contributed by atoms with Crippen LogP contribution < -0.4 is 15.5 Å². The van der Waals surface area contributed by atoms with Crippen LogP contribution in [0.4, 0.5) is 15.8 Å². The fourth-order valence-corrected chi connectivity index (χ4v) is 3.08. The number of hydrogen-bond acceptors (Lipinski definition) is 3. The Hall–Kier alpha value is -3.64. The third-order valence-corrected chi connectivity index (χ3v) is 5.17. The minimum atomic E-state index is -0.726. The Morgan fingerprint density at radius 3 is 2.31 bits per heavy atom. The molecule has 0 aliphatic carbocycles. The average Bonchev–Trinajstić information content (AvgIpc) is 2.76. The molecule has 0 unspecified atom stereocenters. The van der Waals surface area contributed by atoms with Gasteiger partial charge in [0.15, 0.2) is 0 Å². The number of hydrogen-bond donors (Lipinski definition) is 2. The molecule has 2 N–H and O–H groups in total. The number of nitrogens with zero attached hydrogens (tertiary/aromatic N) is 1. The highest BCUT2D eigenvalue weighted by molar-refractivity contribution is 6.31. The number of amides is 2. The highest BCUT2D eigenvalue weighted by atomic mass is 35.5. The van der Waals surface area contributed by atoms with Crippen LogP contribution >= 0.6 is 11.6 Å². The Labute approximate surface area is 191 Å². The number of anilines is 2. The minimum Gasteiger partial charge on any atom is -0.378 e. The number of rotatable bonds is 6. The van der Waals surface area contributed by atoms with Gasteiger partial charge in [0.1, 0.15) is 11.5 Å². The summed E-state index contributed by atoms with van der Waals surface area (Å²) in [5.41, 5.74) is 2.82. The lowest BCUT2D eigenvalue weighted by Gasteiger charge is -2.14. The van der Waals surface area contributed by atoms with Gasteiger partial charge < -0.3 is 15.5 Å². The smallest absolute Gasteiger partial charge is 0.272 e. The minimum absolute atomic E-state index is 0.0347. The summed E-state index contributed by atoms with van der Waals surface area (Å²) in [6.45, 7) is 1.85. The van der Waals surface area contributed by atoms with Gasteiger partial charge in [-0.3, -0.25) is 9.59 Å². The van der Waals surface area contributed by atoms with E-state index in [4.69, 9.17) is 11.6 Å². The molecule has 7 heteroatoms. The van der Waals surface area contributed by atoms with Crippen molar-refractivity contribution in [3.8, 4) is 0 Å². The van der Waals surface area contributed by atoms with Crippen molar-refractivity contribution in [1.29, 1.82) is 0 Å². The van der Waals surface area contributed by atoms with Crippen molar-refractivity contribution in [2.45, 2.75) is 6.92 Å². The third-order valence-electron chi connectivity index (χ3n) is 4.76. The van der Waals surface area contributed by atoms with E-state index in [0.717, 1.165) is 11.3 Å². The molecular formula is C25H23ClFN3O2. The maximum atomic E-state index is 14.1. The van der Waals surface area contributed by atoms with E-state index >= 15 is 0 Å². The zero-order valence-electron chi connectivity index (χ0n) is 17.9. The van der Waals surface area contributed by atoms with E-state index in [-0.39, 0.29) is 11.3 Å². The molecular weight excluding hydrogens is 429 g/mol. The van der Waals surface area contributed by atoms with Crippen LogP contribution in [0.2, 0.25) is 5.02 Å². The predicted octanol–water partition coefficient (Wildman–Crippen LogP) is 5.26. The molecule has 2 amide bonds. The maximum Gasteiger partial charge on any atom is 0.272 e. The van der Waals surface area contributed by atoms with Crippen molar-refractivity contribution in [2.24, 2.45) is 0 Å². The van der Waals surface area contributed by atoms with Crippen molar-refractivity contribution in [1.82, 2.24) is 5.32 Å². The third kappa shape index (κ3) is 5.74. The van der Waals surface area contributed by atoms with Crippen LogP contribution in [0.3, 0.4) is 0 Å². The summed E-state index contributed by atoms with van der Waals surface area (Å²) in [4.78, 5) is 27.6. The average molecular weight is 452 g/mol. The van der Waals surface area contributed by atoms with Crippen LogP contribution in [0, 0.1) is 12.7 Å². The molecule has 0 radical (unpaired) electrons. The number of benzene rings is 3. The van der Waals surface area contributed by atoms with E-state index in [2.05, 4.69) is 10.6 Å². The fraction of sp³-hybridized carbons (Fsp3) is 0.120. The van der Waals surface area contributed by atoms with E-state index in [1.807, 2.05) is 50.2 Å². The predicted molar refractivity (Wildman–Crippen MR) is 127 cm³/mol. The van der Waals surface area contributed by atoms with E-state index in [0.29, 0.717) is 16.3 Å². The first kappa shape index (κ1) is 23.0. The van der Waals surface area contributed by atoms with Crippen molar-refractivity contribution in [3.05, 3.63) is 100.0 Å². The zero-order valence-corrected chi connectivity index (χ0v) is 18.7. The van der Waals surface area contributed by atoms with Gasteiger partial charge in [-0.2, -0.15) is 0 Å². The Balaban J connectivity index is 1.92. The molecule has 0 saturated heterocycles. The van der Waals surface area contributed by atoms with Gasteiger partial charge in [0.05, 0.1) is 5.56 Å². The first-order valence-corrected chi connectivity index (χ1v) is 10.2. The Morgan fingerprint density at radius 1 is 1.00 bits per heavy atom. The molecule has 0 bridgehead atoms. The molecule has 3 aromatic rings. The molecule has 0 atom stereocenters. The quantitative estimate of drug-likeness (QED) is 0.502. The summed E-state index contributed by atoms with van der Waals surface area (Å²) in [6, 6.07) is 18.1. The molecule has 3 aromatic carbocycles. The van der Waals surface area contributed by atoms with Crippen molar-refractivity contribution < 1.29 is 14.0 Å². The molecule has 0 spiro atoms. The maximum absolute atomic E-state index is 14.1. The van der Waals surface area contributed by atoms with Gasteiger partial charge in [-0.15, -0.1) is 0 Å². The van der Waals surface area contributed by atoms with Crippen molar-refractivity contribution in [3.63, 3.8) is 0 Å². The van der Waals surface area contributed by atoms with Gasteiger partial charge >= 0.3 is 0 Å². The van der Waals surface area contributed by atoms with Crippen LogP contribution in [0.5, 0.6) is 0 Å². The second-order valence-electron chi connectivity index (χ2n) is 7.40. The summed E-state index contributed by atoms with van der Waals surface area (Å²) in [7, 11) is 3.84. The largest absolute Gasteiger partial charge is 0.378 e. The van der Waals surface area contributed by atoms with Crippen LogP contribution in [0.1, 0.15) is 21.5 Å². The monoisotopic (exact) mass is 451 g/mol. The Bertz CT molecular complexity index is 1170. The van der Waals surface area contributed by atoms with Crippen molar-refractivity contribution in [2.75, 3.05) is 24.3 Å². The molecule has 32 heavy (non-hydrogen) atoms. The van der Waals surface area contributed by atoms with Gasteiger partial charge in [0.2, 0.25) is 0 Å². The lowest BCUT2D eigenvalue weighted by atomic mass is 10.1. The van der Waals surface area contributed by atoms with E-state index in [1.165, 1.54) is 24.3 Å². The first-order chi connectivity index (χ1) is 15.2. The van der Waals surface area contributed by atoms with Gasteiger partial charge in [-0.05, 0) is 60.5 Å². The van der Waals surface area contributed by atoms with Crippen LogP contribution in [-0.2, 0) is 4.79 Å². The Morgan fingerprint density at radius 2 is 1.69 bits per heavy atom. The second kappa shape index (κ2) is 10.1. The summed E-state index contributed by atoms with van der Waals surface area (Å²) in [5.74, 6) is -1.96. The SMILES string of the molecule is Cc1ccc(NC(=O)/C(=C/c2ccc(N(C)C)cc2)NC(=O)c2ccccc2F)cc1Cl. The van der Waals surface area contributed by atoms with Gasteiger partial charge in [0, 0.05) is 30.5 Å². The number of nitrogens with one attached hydrogen (secondary N) is 2. The first-order valence-electron chi connectivity index (χ1n) is 9.87. The molecule has 0 fully saturated rings. The lowest BCUT2D eigenvalue weighted by Crippen LogP contribution is -2.31. The second-order valence-corrected chi connectivity index (χ2v) is 7.80. The summed E-state index contributed by atoms with van der Waals surface area (Å²) >= 11 is 6.15. The number of carbonyl (C=O) groups excluding carboxylic acids is 2. The molecule has 5 nitrogen and oxygen atoms in total. The fourth-order valence-electron chi connectivity index (χ4n) is 2.90. The molecule has 0 saturated carbocycles. The molecule has 164 valence electrons. The number of carbonyl (C=O) groups is 2. The van der Waals surface area contributed by atoms with Crippen LogP contribution in [-0.4, -0.2) is 25.9 Å². The van der Waals surface area contributed by atoms with Crippen LogP contribution in [0.25, 0.3) is 6.08 Å². The molecule has 0 aliphatic heterocycles. The summed E-state index contributed by atoms with van der Waals surface area (Å²) in [5, 5.41) is 5.76. The number of aryl methyl sites for hydroxylation is 1. The summed E-state index contributed by atoms with van der Waals surface area (Å²) in [6.07, 6.45) is 1.53. The van der Waals surface area contributed by atoms with Gasteiger partial charge in [-0.25, -0.2) is 4.39 Å². The zero-order chi connectivity index (χ0) is 23.3. The van der Waals surface area contributed by atoms with E-state index < -0.39 is 17.6 Å². The van der Waals surface area contributed by atoms with Crippen LogP contribution in [0.15, 0.2) is 72.4 Å². The molecule has 0 aromatic heterocycles. The number of halogens is 2. The van der Waals surface area contributed by atoms with E-state index in [9.17, 15) is 14.0 Å². The standard InChI is InChI=1S/C25H23ClFN3O2/c1-16-8-11-18(15-21(16)26)28-25(32)23(14-17-9-12-19(13-10-17)30(2)3)29-24(31)20-6-4-5-7-22(20)27/h4-15H,1-3H3,(H,28,32)(H,29,31)/b23-14-. The highest BCUT2D eigenvalue weighted by Gasteiger charge is 2.17. The lowest BCUT2D eigenvalue weighted by molar-refractivity contribution is -0.113. The molecule has 0 aliphatic rings. The van der Waals surface area contributed by atoms with Gasteiger partial charge in [-0.1, -0.05) is 41.9 Å². The normalized spacial score (nSPS) is 11.1. The van der Waals surface area contributed by atoms with Gasteiger partial charge in [0.25, 0.3) is 11.8 Å². The molecule has 3 rings (SSSR count). The molecule has 0 heterocycles. The summed E-state index contributed by atoms with van der Waals surface area (Å²) < 4.78 is 14.1. The van der Waals surface area contributed by atoms with Crippen molar-refractivity contribution >= 4 is 40.9 Å². The highest BCUT2D eigenvalue weighted by Crippen LogP contribution is 2.21. The topological polar surface area (TPSA) is 61.4 Å².